The highest BCUT2D eigenvalue weighted by Crippen LogP contribution is 2.42. The molecule has 0 fully saturated rings. The highest BCUT2D eigenvalue weighted by atomic mass is 32.1. The van der Waals surface area contributed by atoms with Gasteiger partial charge in [-0.05, 0) is 7.05 Å². The molecule has 0 unspecified atom stereocenters. The summed E-state index contributed by atoms with van der Waals surface area (Å²) in [6.45, 7) is 0.649. The lowest BCUT2D eigenvalue weighted by Gasteiger charge is -2.13. The fourth-order valence-corrected chi connectivity index (χ4v) is 2.44. The standard InChI is InChI=1S/C13H17N3O4S/c1-14-7-11-15-16-13(21-11)20-8-5-9(17-2)12(19-4)10(6-8)18-3/h5-6,14H,7H2,1-4H3. The first-order chi connectivity index (χ1) is 10.2. The van der Waals surface area contributed by atoms with E-state index in [4.69, 9.17) is 18.9 Å². The lowest BCUT2D eigenvalue weighted by atomic mass is 10.2. The molecule has 0 bridgehead atoms. The minimum atomic E-state index is 0.453. The largest absolute Gasteiger partial charge is 0.493 e. The van der Waals surface area contributed by atoms with E-state index in [-0.39, 0.29) is 0 Å². The van der Waals surface area contributed by atoms with Gasteiger partial charge in [-0.3, -0.25) is 0 Å². The zero-order valence-corrected chi connectivity index (χ0v) is 13.1. The van der Waals surface area contributed by atoms with Crippen molar-refractivity contribution in [3.05, 3.63) is 17.1 Å². The minimum absolute atomic E-state index is 0.453. The molecule has 8 heteroatoms. The molecule has 21 heavy (non-hydrogen) atoms. The molecule has 0 aliphatic carbocycles. The Hall–Kier alpha value is -2.06. The number of nitrogens with zero attached hydrogens (tertiary/aromatic N) is 2. The maximum atomic E-state index is 5.69. The van der Waals surface area contributed by atoms with E-state index >= 15 is 0 Å². The highest BCUT2D eigenvalue weighted by Gasteiger charge is 2.15. The van der Waals surface area contributed by atoms with Gasteiger partial charge in [0.15, 0.2) is 11.5 Å². The molecule has 0 radical (unpaired) electrons. The van der Waals surface area contributed by atoms with E-state index in [9.17, 15) is 0 Å². The maximum absolute atomic E-state index is 5.69. The van der Waals surface area contributed by atoms with Crippen LogP contribution < -0.4 is 24.3 Å². The molecule has 0 spiro atoms. The van der Waals surface area contributed by atoms with Crippen molar-refractivity contribution in [3.63, 3.8) is 0 Å². The van der Waals surface area contributed by atoms with Gasteiger partial charge in [0.1, 0.15) is 10.8 Å². The summed E-state index contributed by atoms with van der Waals surface area (Å²) in [6.07, 6.45) is 0. The molecule has 0 aliphatic heterocycles. The monoisotopic (exact) mass is 311 g/mol. The molecule has 2 rings (SSSR count). The van der Waals surface area contributed by atoms with Crippen molar-refractivity contribution in [1.82, 2.24) is 15.5 Å². The molecule has 2 aromatic rings. The average Bonchev–Trinajstić information content (AvgIpc) is 2.93. The van der Waals surface area contributed by atoms with Gasteiger partial charge in [0.25, 0.3) is 5.19 Å². The first kappa shape index (κ1) is 15.3. The number of hydrogen-bond acceptors (Lipinski definition) is 8. The molecule has 114 valence electrons. The molecule has 7 nitrogen and oxygen atoms in total. The third-order valence-electron chi connectivity index (χ3n) is 2.62. The second-order valence-electron chi connectivity index (χ2n) is 3.96. The van der Waals surface area contributed by atoms with E-state index in [0.717, 1.165) is 5.01 Å². The van der Waals surface area contributed by atoms with Gasteiger partial charge in [0.2, 0.25) is 5.75 Å². The van der Waals surface area contributed by atoms with Gasteiger partial charge in [0.05, 0.1) is 21.3 Å². The summed E-state index contributed by atoms with van der Waals surface area (Å²) < 4.78 is 21.5. The number of hydrogen-bond donors (Lipinski definition) is 1. The van der Waals surface area contributed by atoms with Crippen LogP contribution in [0.2, 0.25) is 0 Å². The van der Waals surface area contributed by atoms with Crippen molar-refractivity contribution < 1.29 is 18.9 Å². The zero-order valence-electron chi connectivity index (χ0n) is 12.3. The van der Waals surface area contributed by atoms with Gasteiger partial charge >= 0.3 is 0 Å². The summed E-state index contributed by atoms with van der Waals surface area (Å²) >= 11 is 1.37. The Morgan fingerprint density at radius 2 is 1.71 bits per heavy atom. The normalized spacial score (nSPS) is 10.3. The fourth-order valence-electron chi connectivity index (χ4n) is 1.72. The zero-order chi connectivity index (χ0) is 15.2. The minimum Gasteiger partial charge on any atom is -0.493 e. The highest BCUT2D eigenvalue weighted by molar-refractivity contribution is 7.13. The molecule has 1 N–H and O–H groups in total. The molecular weight excluding hydrogens is 294 g/mol. The predicted octanol–water partition coefficient (Wildman–Crippen LogP) is 2.08. The number of benzene rings is 1. The summed E-state index contributed by atoms with van der Waals surface area (Å²) in [5, 5.41) is 12.3. The van der Waals surface area contributed by atoms with Crippen molar-refractivity contribution in [2.24, 2.45) is 0 Å². The third-order valence-corrected chi connectivity index (χ3v) is 3.42. The molecule has 1 heterocycles. The van der Waals surface area contributed by atoms with Crippen molar-refractivity contribution in [2.45, 2.75) is 6.54 Å². The van der Waals surface area contributed by atoms with Crippen LogP contribution in [0.25, 0.3) is 0 Å². The smallest absolute Gasteiger partial charge is 0.299 e. The van der Waals surface area contributed by atoms with Gasteiger partial charge in [-0.1, -0.05) is 16.4 Å². The van der Waals surface area contributed by atoms with Gasteiger partial charge in [-0.15, -0.1) is 5.10 Å². The van der Waals surface area contributed by atoms with E-state index in [0.29, 0.717) is 34.7 Å². The van der Waals surface area contributed by atoms with E-state index in [1.807, 2.05) is 7.05 Å². The van der Waals surface area contributed by atoms with Crippen molar-refractivity contribution in [3.8, 4) is 28.2 Å². The number of ether oxygens (including phenoxy) is 4. The van der Waals surface area contributed by atoms with Crippen molar-refractivity contribution in [1.29, 1.82) is 0 Å². The van der Waals surface area contributed by atoms with Crippen LogP contribution in [0, 0.1) is 0 Å². The third kappa shape index (κ3) is 3.53. The maximum Gasteiger partial charge on any atom is 0.299 e. The molecule has 1 aromatic heterocycles. The lowest BCUT2D eigenvalue weighted by molar-refractivity contribution is 0.321. The molecule has 1 aromatic carbocycles. The van der Waals surface area contributed by atoms with E-state index in [2.05, 4.69) is 15.5 Å². The van der Waals surface area contributed by atoms with Crippen LogP contribution in [0.3, 0.4) is 0 Å². The van der Waals surface area contributed by atoms with E-state index in [1.165, 1.54) is 11.3 Å². The second-order valence-corrected chi connectivity index (χ2v) is 4.98. The number of nitrogens with one attached hydrogen (secondary N) is 1. The topological polar surface area (TPSA) is 74.7 Å². The summed E-state index contributed by atoms with van der Waals surface area (Å²) in [4.78, 5) is 0. The number of methoxy groups -OCH3 is 3. The molecule has 0 saturated carbocycles. The number of rotatable bonds is 7. The van der Waals surface area contributed by atoms with Gasteiger partial charge < -0.3 is 24.3 Å². The Labute approximate surface area is 126 Å². The van der Waals surface area contributed by atoms with Crippen LogP contribution in [-0.2, 0) is 6.54 Å². The van der Waals surface area contributed by atoms with E-state index < -0.39 is 0 Å². The van der Waals surface area contributed by atoms with Crippen LogP contribution in [0.1, 0.15) is 5.01 Å². The Kier molecular flexibility index (Phi) is 5.18. The van der Waals surface area contributed by atoms with Crippen LogP contribution >= 0.6 is 11.3 Å². The van der Waals surface area contributed by atoms with Crippen LogP contribution in [0.4, 0.5) is 0 Å². The van der Waals surface area contributed by atoms with Crippen LogP contribution in [-0.4, -0.2) is 38.6 Å². The Morgan fingerprint density at radius 3 is 2.24 bits per heavy atom. The summed E-state index contributed by atoms with van der Waals surface area (Å²) in [7, 11) is 6.50. The van der Waals surface area contributed by atoms with Gasteiger partial charge in [-0.25, -0.2) is 0 Å². The molecule has 0 aliphatic rings. The summed E-state index contributed by atoms with van der Waals surface area (Å²) in [5.74, 6) is 2.09. The van der Waals surface area contributed by atoms with Crippen molar-refractivity contribution in [2.75, 3.05) is 28.4 Å². The first-order valence-corrected chi connectivity index (χ1v) is 6.98. The second kappa shape index (κ2) is 7.09. The summed E-state index contributed by atoms with van der Waals surface area (Å²) in [5.41, 5.74) is 0. The Balaban J connectivity index is 2.26. The molecule has 0 saturated heterocycles. The summed E-state index contributed by atoms with van der Waals surface area (Å²) in [6, 6.07) is 3.42. The molecular formula is C13H17N3O4S. The average molecular weight is 311 g/mol. The Bertz CT molecular complexity index is 578. The number of aromatic nitrogens is 2. The van der Waals surface area contributed by atoms with Crippen LogP contribution in [0.5, 0.6) is 28.2 Å². The van der Waals surface area contributed by atoms with Crippen molar-refractivity contribution >= 4 is 11.3 Å². The van der Waals surface area contributed by atoms with Gasteiger partial charge in [-0.2, -0.15) is 0 Å². The predicted molar refractivity (Wildman–Crippen MR) is 78.8 cm³/mol. The lowest BCUT2D eigenvalue weighted by Crippen LogP contribution is -2.04. The van der Waals surface area contributed by atoms with Crippen LogP contribution in [0.15, 0.2) is 12.1 Å². The fraction of sp³-hybridized carbons (Fsp3) is 0.385. The quantitative estimate of drug-likeness (QED) is 0.839. The van der Waals surface area contributed by atoms with E-state index in [1.54, 1.807) is 33.5 Å². The SMILES string of the molecule is CNCc1nnc(Oc2cc(OC)c(OC)c(OC)c2)s1. The molecule has 0 atom stereocenters. The van der Waals surface area contributed by atoms with Gasteiger partial charge in [0, 0.05) is 18.7 Å². The molecule has 0 amide bonds. The Morgan fingerprint density at radius 1 is 1.05 bits per heavy atom. The first-order valence-electron chi connectivity index (χ1n) is 6.16.